The molecule has 3 amide bonds. The second-order valence-electron chi connectivity index (χ2n) is 6.91. The molecule has 0 spiro atoms. The Morgan fingerprint density at radius 3 is 2.50 bits per heavy atom. The third kappa shape index (κ3) is 4.80. The maximum Gasteiger partial charge on any atom is 0.337 e. The summed E-state index contributed by atoms with van der Waals surface area (Å²) in [5.41, 5.74) is 8.36. The number of hydrogen-bond donors (Lipinski definition) is 3. The van der Waals surface area contributed by atoms with Gasteiger partial charge in [-0.2, -0.15) is 0 Å². The van der Waals surface area contributed by atoms with Gasteiger partial charge >= 0.3 is 6.03 Å². The summed E-state index contributed by atoms with van der Waals surface area (Å²) in [4.78, 5) is 33.5. The van der Waals surface area contributed by atoms with Crippen molar-refractivity contribution in [2.75, 3.05) is 5.32 Å². The highest BCUT2D eigenvalue weighted by Crippen LogP contribution is 2.25. The first-order valence-electron chi connectivity index (χ1n) is 9.56. The van der Waals surface area contributed by atoms with E-state index in [1.165, 1.54) is 6.07 Å². The summed E-state index contributed by atoms with van der Waals surface area (Å²) in [5.74, 6) is -0.498. The van der Waals surface area contributed by atoms with Gasteiger partial charge in [0.1, 0.15) is 0 Å². The lowest BCUT2D eigenvalue weighted by Crippen LogP contribution is -2.44. The molecule has 0 saturated carbocycles. The molecule has 2 aromatic carbocycles. The fourth-order valence-corrected chi connectivity index (χ4v) is 3.39. The monoisotopic (exact) mass is 465 g/mol. The van der Waals surface area contributed by atoms with Crippen LogP contribution in [0.4, 0.5) is 10.5 Å². The van der Waals surface area contributed by atoms with Gasteiger partial charge in [-0.05, 0) is 49.4 Å². The van der Waals surface area contributed by atoms with Crippen LogP contribution in [0, 0.1) is 6.92 Å². The third-order valence-electron chi connectivity index (χ3n) is 4.68. The van der Waals surface area contributed by atoms with Gasteiger partial charge in [-0.15, -0.1) is 0 Å². The number of para-hydroxylation sites is 1. The first kappa shape index (κ1) is 21.5. The van der Waals surface area contributed by atoms with E-state index in [9.17, 15) is 9.59 Å². The predicted molar refractivity (Wildman–Crippen MR) is 126 cm³/mol. The van der Waals surface area contributed by atoms with Crippen LogP contribution in [0.3, 0.4) is 0 Å². The van der Waals surface area contributed by atoms with Crippen molar-refractivity contribution < 1.29 is 9.59 Å². The van der Waals surface area contributed by atoms with Crippen molar-refractivity contribution in [3.8, 4) is 11.3 Å². The quantitative estimate of drug-likeness (QED) is 0.354. The molecule has 9 heteroatoms. The maximum absolute atomic E-state index is 12.5. The summed E-state index contributed by atoms with van der Waals surface area (Å²) in [6.45, 7) is 1.72. The van der Waals surface area contributed by atoms with Crippen LogP contribution in [0.5, 0.6) is 0 Å². The largest absolute Gasteiger partial charge is 0.337 e. The smallest absolute Gasteiger partial charge is 0.307 e. The number of halogens is 2. The number of hydrazine groups is 1. The highest BCUT2D eigenvalue weighted by atomic mass is 35.5. The number of nitrogens with zero attached hydrogens (tertiary/aromatic N) is 2. The van der Waals surface area contributed by atoms with Gasteiger partial charge in [-0.3, -0.25) is 20.2 Å². The molecule has 0 aliphatic rings. The van der Waals surface area contributed by atoms with E-state index in [-0.39, 0.29) is 0 Å². The normalized spacial score (nSPS) is 10.6. The minimum Gasteiger partial charge on any atom is -0.307 e. The number of carbonyl (C=O) groups is 2. The standard InChI is InChI=1S/C23H17Cl2N5O2/c1-13-17(22(31)29-30-23(32)28-16-6-8-18(24)19(25)11-16)7-9-21(27-13)15-10-14-4-2-3-5-20(14)26-12-15/h2-12H,1H3,(H,29,31)(H2,28,30,32). The molecule has 0 radical (unpaired) electrons. The number of fused-ring (bicyclic) bond motifs is 1. The van der Waals surface area contributed by atoms with E-state index in [0.29, 0.717) is 32.7 Å². The summed E-state index contributed by atoms with van der Waals surface area (Å²) >= 11 is 11.8. The molecule has 160 valence electrons. The molecule has 3 N–H and O–H groups in total. The predicted octanol–water partition coefficient (Wildman–Crippen LogP) is 5.38. The van der Waals surface area contributed by atoms with E-state index in [1.807, 2.05) is 30.3 Å². The van der Waals surface area contributed by atoms with Gasteiger partial charge in [0.25, 0.3) is 5.91 Å². The van der Waals surface area contributed by atoms with E-state index in [0.717, 1.165) is 16.5 Å². The Bertz CT molecular complexity index is 1340. The number of benzene rings is 2. The molecule has 0 atom stereocenters. The molecule has 32 heavy (non-hydrogen) atoms. The number of aryl methyl sites for hydroxylation is 1. The van der Waals surface area contributed by atoms with Crippen molar-refractivity contribution in [1.82, 2.24) is 20.8 Å². The zero-order valence-electron chi connectivity index (χ0n) is 16.8. The Labute approximate surface area is 193 Å². The Balaban J connectivity index is 1.42. The van der Waals surface area contributed by atoms with Crippen LogP contribution in [0.25, 0.3) is 22.2 Å². The number of urea groups is 1. The van der Waals surface area contributed by atoms with Gasteiger partial charge in [-0.25, -0.2) is 10.2 Å². The molecule has 0 aliphatic heterocycles. The van der Waals surface area contributed by atoms with Gasteiger partial charge in [0.2, 0.25) is 0 Å². The van der Waals surface area contributed by atoms with Crippen molar-refractivity contribution in [1.29, 1.82) is 0 Å². The number of amides is 3. The van der Waals surface area contributed by atoms with Crippen LogP contribution >= 0.6 is 23.2 Å². The van der Waals surface area contributed by atoms with Crippen LogP contribution in [-0.4, -0.2) is 21.9 Å². The lowest BCUT2D eigenvalue weighted by Gasteiger charge is -2.11. The highest BCUT2D eigenvalue weighted by Gasteiger charge is 2.13. The summed E-state index contributed by atoms with van der Waals surface area (Å²) in [7, 11) is 0. The fourth-order valence-electron chi connectivity index (χ4n) is 3.09. The van der Waals surface area contributed by atoms with Crippen molar-refractivity contribution in [2.45, 2.75) is 6.92 Å². The fraction of sp³-hybridized carbons (Fsp3) is 0.0435. The van der Waals surface area contributed by atoms with E-state index in [4.69, 9.17) is 23.2 Å². The Hall–Kier alpha value is -3.68. The van der Waals surface area contributed by atoms with E-state index >= 15 is 0 Å². The van der Waals surface area contributed by atoms with Crippen LogP contribution in [0.2, 0.25) is 10.0 Å². The molecule has 2 heterocycles. The number of pyridine rings is 2. The number of carbonyl (C=O) groups excluding carboxylic acids is 2. The van der Waals surface area contributed by atoms with Crippen LogP contribution < -0.4 is 16.2 Å². The molecule has 2 aromatic heterocycles. The number of anilines is 1. The lowest BCUT2D eigenvalue weighted by molar-refractivity contribution is 0.0937. The number of nitrogens with one attached hydrogen (secondary N) is 3. The van der Waals surface area contributed by atoms with Crippen molar-refractivity contribution in [3.05, 3.63) is 88.2 Å². The summed E-state index contributed by atoms with van der Waals surface area (Å²) in [5, 5.41) is 4.22. The minimum absolute atomic E-state index is 0.303. The van der Waals surface area contributed by atoms with Gasteiger partial charge in [-0.1, -0.05) is 41.4 Å². The Morgan fingerprint density at radius 2 is 1.72 bits per heavy atom. The van der Waals surface area contributed by atoms with Crippen molar-refractivity contribution in [3.63, 3.8) is 0 Å². The average molecular weight is 466 g/mol. The second-order valence-corrected chi connectivity index (χ2v) is 7.72. The van der Waals surface area contributed by atoms with E-state index in [2.05, 4.69) is 26.1 Å². The van der Waals surface area contributed by atoms with Crippen LogP contribution in [-0.2, 0) is 0 Å². The van der Waals surface area contributed by atoms with Gasteiger partial charge in [0.15, 0.2) is 0 Å². The van der Waals surface area contributed by atoms with Gasteiger partial charge < -0.3 is 5.32 Å². The Kier molecular flexibility index (Phi) is 6.20. The molecular weight excluding hydrogens is 449 g/mol. The zero-order valence-corrected chi connectivity index (χ0v) is 18.3. The summed E-state index contributed by atoms with van der Waals surface area (Å²) in [6, 6.07) is 17.2. The molecular formula is C23H17Cl2N5O2. The molecule has 7 nitrogen and oxygen atoms in total. The molecule has 4 aromatic rings. The summed E-state index contributed by atoms with van der Waals surface area (Å²) < 4.78 is 0. The molecule has 0 saturated heterocycles. The molecule has 4 rings (SSSR count). The number of hydrogen-bond acceptors (Lipinski definition) is 4. The highest BCUT2D eigenvalue weighted by molar-refractivity contribution is 6.42. The zero-order chi connectivity index (χ0) is 22.7. The third-order valence-corrected chi connectivity index (χ3v) is 5.42. The van der Waals surface area contributed by atoms with Crippen molar-refractivity contribution >= 4 is 51.7 Å². The van der Waals surface area contributed by atoms with Gasteiger partial charge in [0, 0.05) is 22.8 Å². The number of rotatable bonds is 3. The molecule has 0 unspecified atom stereocenters. The Morgan fingerprint density at radius 1 is 0.906 bits per heavy atom. The SMILES string of the molecule is Cc1nc(-c2cnc3ccccc3c2)ccc1C(=O)NNC(=O)Nc1ccc(Cl)c(Cl)c1. The van der Waals surface area contributed by atoms with Gasteiger partial charge in [0.05, 0.1) is 32.5 Å². The summed E-state index contributed by atoms with van der Waals surface area (Å²) in [6.07, 6.45) is 1.75. The van der Waals surface area contributed by atoms with Crippen molar-refractivity contribution in [2.24, 2.45) is 0 Å². The maximum atomic E-state index is 12.5. The van der Waals surface area contributed by atoms with Crippen LogP contribution in [0.1, 0.15) is 16.1 Å². The van der Waals surface area contributed by atoms with E-state index < -0.39 is 11.9 Å². The second kappa shape index (κ2) is 9.21. The first-order chi connectivity index (χ1) is 15.4. The molecule has 0 aliphatic carbocycles. The lowest BCUT2D eigenvalue weighted by atomic mass is 10.1. The topological polar surface area (TPSA) is 96.0 Å². The van der Waals surface area contributed by atoms with E-state index in [1.54, 1.807) is 37.4 Å². The first-order valence-corrected chi connectivity index (χ1v) is 10.3. The molecule has 0 fully saturated rings. The number of aromatic nitrogens is 2. The molecule has 0 bridgehead atoms. The van der Waals surface area contributed by atoms with Crippen LogP contribution in [0.15, 0.2) is 66.9 Å². The minimum atomic E-state index is -0.638. The average Bonchev–Trinajstić information content (AvgIpc) is 2.79.